The molecule has 2 amide bonds. The summed E-state index contributed by atoms with van der Waals surface area (Å²) in [5, 5.41) is 15.8. The van der Waals surface area contributed by atoms with Gasteiger partial charge in [0, 0.05) is 6.04 Å². The molecule has 1 aromatic carbocycles. The maximum absolute atomic E-state index is 11.4. The van der Waals surface area contributed by atoms with Crippen LogP contribution in [0.3, 0.4) is 0 Å². The van der Waals surface area contributed by atoms with Gasteiger partial charge in [0.15, 0.2) is 0 Å². The number of nitrogens with zero attached hydrogens (tertiary/aromatic N) is 1. The van der Waals surface area contributed by atoms with E-state index in [1.807, 2.05) is 0 Å². The van der Waals surface area contributed by atoms with Gasteiger partial charge in [0.05, 0.1) is 15.2 Å². The summed E-state index contributed by atoms with van der Waals surface area (Å²) in [5.41, 5.74) is 2.79. The molecule has 0 unspecified atom stereocenters. The number of amides is 2. The Hall–Kier alpha value is -1.41. The van der Waals surface area contributed by atoms with Crippen LogP contribution in [-0.4, -0.2) is 29.2 Å². The summed E-state index contributed by atoms with van der Waals surface area (Å²) in [7, 11) is 0. The van der Waals surface area contributed by atoms with Gasteiger partial charge in [-0.25, -0.2) is 5.43 Å². The average molecular weight is 405 g/mol. The maximum Gasteiger partial charge on any atom is 0.329 e. The number of aromatic hydroxyl groups is 1. The van der Waals surface area contributed by atoms with Gasteiger partial charge in [0.25, 0.3) is 0 Å². The molecule has 1 fully saturated rings. The molecule has 2 rings (SSSR count). The number of rotatable bonds is 3. The number of carbonyl (C=O) groups excluding carboxylic acids is 2. The van der Waals surface area contributed by atoms with Crippen molar-refractivity contribution in [3.8, 4) is 5.75 Å². The standard InChI is InChI=1S/C12H11Br2N3O3/c13-8-3-6(4-9(14)10(8)18)5-15-17-12(20)11(19)16-7-1-2-7/h3-5,7,18H,1-2H2,(H,16,19)(H,17,20)/b15-5+. The van der Waals surface area contributed by atoms with Crippen molar-refractivity contribution in [3.05, 3.63) is 26.6 Å². The van der Waals surface area contributed by atoms with Gasteiger partial charge in [-0.3, -0.25) is 9.59 Å². The Morgan fingerprint density at radius 2 is 1.85 bits per heavy atom. The molecule has 1 aliphatic carbocycles. The van der Waals surface area contributed by atoms with Crippen LogP contribution in [0.25, 0.3) is 0 Å². The fourth-order valence-electron chi connectivity index (χ4n) is 1.35. The molecule has 1 aliphatic rings. The fourth-order valence-corrected chi connectivity index (χ4v) is 2.58. The van der Waals surface area contributed by atoms with Crippen molar-refractivity contribution in [3.63, 3.8) is 0 Å². The number of hydrogen-bond donors (Lipinski definition) is 3. The summed E-state index contributed by atoms with van der Waals surface area (Å²) in [6, 6.07) is 3.38. The Kier molecular flexibility index (Phi) is 4.77. The van der Waals surface area contributed by atoms with Gasteiger partial charge >= 0.3 is 11.8 Å². The highest BCUT2D eigenvalue weighted by Crippen LogP contribution is 2.32. The van der Waals surface area contributed by atoms with Gasteiger partial charge in [0.2, 0.25) is 0 Å². The van der Waals surface area contributed by atoms with E-state index in [0.717, 1.165) is 12.8 Å². The van der Waals surface area contributed by atoms with Crippen molar-refractivity contribution < 1.29 is 14.7 Å². The van der Waals surface area contributed by atoms with Crippen molar-refractivity contribution >= 4 is 49.9 Å². The molecule has 0 aliphatic heterocycles. The minimum Gasteiger partial charge on any atom is -0.506 e. The largest absolute Gasteiger partial charge is 0.506 e. The summed E-state index contributed by atoms with van der Waals surface area (Å²) in [6.07, 6.45) is 3.20. The van der Waals surface area contributed by atoms with Gasteiger partial charge < -0.3 is 10.4 Å². The lowest BCUT2D eigenvalue weighted by Crippen LogP contribution is -2.38. The van der Waals surface area contributed by atoms with Gasteiger partial charge in [0.1, 0.15) is 5.75 Å². The van der Waals surface area contributed by atoms with Crippen LogP contribution >= 0.6 is 31.9 Å². The fraction of sp³-hybridized carbons (Fsp3) is 0.250. The zero-order valence-corrected chi connectivity index (χ0v) is 13.4. The molecule has 0 atom stereocenters. The SMILES string of the molecule is O=C(N/N=C/c1cc(Br)c(O)c(Br)c1)C(=O)NC1CC1. The molecule has 0 spiro atoms. The van der Waals surface area contributed by atoms with E-state index in [-0.39, 0.29) is 11.8 Å². The molecule has 6 nitrogen and oxygen atoms in total. The molecule has 0 saturated heterocycles. The number of phenolic OH excluding ortho intramolecular Hbond substituents is 1. The summed E-state index contributed by atoms with van der Waals surface area (Å²) in [4.78, 5) is 22.7. The van der Waals surface area contributed by atoms with Crippen LogP contribution in [0.5, 0.6) is 5.75 Å². The van der Waals surface area contributed by atoms with Crippen molar-refractivity contribution in [1.29, 1.82) is 0 Å². The van der Waals surface area contributed by atoms with Crippen molar-refractivity contribution in [2.45, 2.75) is 18.9 Å². The van der Waals surface area contributed by atoms with Crippen LogP contribution in [-0.2, 0) is 9.59 Å². The minimum atomic E-state index is -0.801. The van der Waals surface area contributed by atoms with Gasteiger partial charge in [-0.2, -0.15) is 5.10 Å². The molecule has 20 heavy (non-hydrogen) atoms. The van der Waals surface area contributed by atoms with Crippen molar-refractivity contribution in [2.24, 2.45) is 5.10 Å². The number of phenols is 1. The summed E-state index contributed by atoms with van der Waals surface area (Å²) in [5.74, 6) is -1.40. The molecule has 0 bridgehead atoms. The van der Waals surface area contributed by atoms with Crippen molar-refractivity contribution in [1.82, 2.24) is 10.7 Å². The number of hydrazone groups is 1. The minimum absolute atomic E-state index is 0.0787. The second-order valence-corrected chi connectivity index (χ2v) is 5.99. The Morgan fingerprint density at radius 3 is 2.40 bits per heavy atom. The molecular weight excluding hydrogens is 394 g/mol. The second kappa shape index (κ2) is 6.36. The van der Waals surface area contributed by atoms with E-state index in [1.54, 1.807) is 12.1 Å². The lowest BCUT2D eigenvalue weighted by Gasteiger charge is -2.02. The van der Waals surface area contributed by atoms with E-state index in [0.29, 0.717) is 14.5 Å². The third-order valence-corrected chi connectivity index (χ3v) is 3.75. The third kappa shape index (κ3) is 4.04. The summed E-state index contributed by atoms with van der Waals surface area (Å²) in [6.45, 7) is 0. The number of hydrogen-bond acceptors (Lipinski definition) is 4. The van der Waals surface area contributed by atoms with E-state index >= 15 is 0 Å². The van der Waals surface area contributed by atoms with Gasteiger partial charge in [-0.05, 0) is 62.4 Å². The highest BCUT2D eigenvalue weighted by atomic mass is 79.9. The highest BCUT2D eigenvalue weighted by molar-refractivity contribution is 9.11. The average Bonchev–Trinajstić information content (AvgIpc) is 3.19. The Bertz CT molecular complexity index is 562. The summed E-state index contributed by atoms with van der Waals surface area (Å²) < 4.78 is 0.984. The van der Waals surface area contributed by atoms with E-state index in [9.17, 15) is 14.7 Å². The summed E-state index contributed by atoms with van der Waals surface area (Å²) >= 11 is 6.36. The zero-order valence-electron chi connectivity index (χ0n) is 10.2. The lowest BCUT2D eigenvalue weighted by molar-refractivity contribution is -0.139. The third-order valence-electron chi connectivity index (χ3n) is 2.54. The lowest BCUT2D eigenvalue weighted by atomic mass is 10.2. The predicted octanol–water partition coefficient (Wildman–Crippen LogP) is 1.65. The van der Waals surface area contributed by atoms with Crippen LogP contribution in [0.4, 0.5) is 0 Å². The highest BCUT2D eigenvalue weighted by Gasteiger charge is 2.26. The van der Waals surface area contributed by atoms with Crippen molar-refractivity contribution in [2.75, 3.05) is 0 Å². The van der Waals surface area contributed by atoms with Crippen LogP contribution in [0.15, 0.2) is 26.2 Å². The molecule has 8 heteroatoms. The van der Waals surface area contributed by atoms with Crippen LogP contribution < -0.4 is 10.7 Å². The number of carbonyl (C=O) groups is 2. The van der Waals surface area contributed by atoms with E-state index in [1.165, 1.54) is 6.21 Å². The Labute approximate surface area is 131 Å². The first-order valence-electron chi connectivity index (χ1n) is 5.79. The topological polar surface area (TPSA) is 90.8 Å². The van der Waals surface area contributed by atoms with Crippen LogP contribution in [0.1, 0.15) is 18.4 Å². The monoisotopic (exact) mass is 403 g/mol. The first-order chi connectivity index (χ1) is 9.47. The van der Waals surface area contributed by atoms with E-state index in [4.69, 9.17) is 0 Å². The number of halogens is 2. The molecule has 0 heterocycles. The predicted molar refractivity (Wildman–Crippen MR) is 80.4 cm³/mol. The first kappa shape index (κ1) is 15.0. The molecule has 1 saturated carbocycles. The van der Waals surface area contributed by atoms with E-state index < -0.39 is 11.8 Å². The van der Waals surface area contributed by atoms with Crippen LogP contribution in [0, 0.1) is 0 Å². The van der Waals surface area contributed by atoms with E-state index in [2.05, 4.69) is 47.7 Å². The molecule has 3 N–H and O–H groups in total. The maximum atomic E-state index is 11.4. The van der Waals surface area contributed by atoms with Gasteiger partial charge in [-0.1, -0.05) is 0 Å². The smallest absolute Gasteiger partial charge is 0.329 e. The molecular formula is C12H11Br2N3O3. The molecule has 1 aromatic rings. The van der Waals surface area contributed by atoms with Crippen LogP contribution in [0.2, 0.25) is 0 Å². The normalized spacial score (nSPS) is 14.3. The Balaban J connectivity index is 1.92. The number of nitrogens with one attached hydrogen (secondary N) is 2. The number of benzene rings is 1. The molecule has 106 valence electrons. The zero-order chi connectivity index (χ0) is 14.7. The second-order valence-electron chi connectivity index (χ2n) is 4.28. The van der Waals surface area contributed by atoms with Gasteiger partial charge in [-0.15, -0.1) is 0 Å². The molecule has 0 radical (unpaired) electrons. The first-order valence-corrected chi connectivity index (χ1v) is 7.38. The quantitative estimate of drug-likeness (QED) is 0.406. The Morgan fingerprint density at radius 1 is 1.25 bits per heavy atom. The molecule has 0 aromatic heterocycles.